The third kappa shape index (κ3) is 4.02. The Balaban J connectivity index is 1.52. The van der Waals surface area contributed by atoms with Crippen LogP contribution >= 0.6 is 0 Å². The highest BCUT2D eigenvalue weighted by Gasteiger charge is 2.19. The number of benzene rings is 2. The number of piperazine rings is 1. The lowest BCUT2D eigenvalue weighted by atomic mass is 10.1. The molecule has 1 saturated heterocycles. The van der Waals surface area contributed by atoms with Gasteiger partial charge in [0.2, 0.25) is 0 Å². The molecule has 122 valence electrons. The first-order valence-electron chi connectivity index (χ1n) is 8.11. The van der Waals surface area contributed by atoms with Gasteiger partial charge in [-0.3, -0.25) is 4.90 Å². The molecule has 0 bridgehead atoms. The van der Waals surface area contributed by atoms with Gasteiger partial charge in [0.15, 0.2) is 0 Å². The van der Waals surface area contributed by atoms with Gasteiger partial charge in [-0.15, -0.1) is 0 Å². The number of hydrogen-bond donors (Lipinski definition) is 0. The quantitative estimate of drug-likeness (QED) is 0.843. The molecule has 0 aromatic heterocycles. The Morgan fingerprint density at radius 1 is 1.00 bits per heavy atom. The van der Waals surface area contributed by atoms with Crippen LogP contribution < -0.4 is 9.64 Å². The van der Waals surface area contributed by atoms with Crippen molar-refractivity contribution in [2.75, 3.05) is 44.7 Å². The van der Waals surface area contributed by atoms with E-state index in [1.165, 1.54) is 11.6 Å². The number of rotatable bonds is 5. The van der Waals surface area contributed by atoms with Gasteiger partial charge in [0.05, 0.1) is 12.8 Å². The van der Waals surface area contributed by atoms with E-state index in [-0.39, 0.29) is 5.82 Å². The lowest BCUT2D eigenvalue weighted by Crippen LogP contribution is -2.47. The van der Waals surface area contributed by atoms with Gasteiger partial charge in [0, 0.05) is 38.8 Å². The van der Waals surface area contributed by atoms with Crippen LogP contribution in [-0.4, -0.2) is 44.7 Å². The Hall–Kier alpha value is -2.07. The second-order valence-corrected chi connectivity index (χ2v) is 5.88. The van der Waals surface area contributed by atoms with E-state index in [1.54, 1.807) is 7.11 Å². The number of nitrogens with zero attached hydrogens (tertiary/aromatic N) is 2. The summed E-state index contributed by atoms with van der Waals surface area (Å²) >= 11 is 0. The first-order valence-corrected chi connectivity index (χ1v) is 8.11. The Morgan fingerprint density at radius 3 is 2.39 bits per heavy atom. The average Bonchev–Trinajstić information content (AvgIpc) is 2.61. The molecule has 1 fully saturated rings. The molecule has 0 unspecified atom stereocenters. The molecule has 0 radical (unpaired) electrons. The van der Waals surface area contributed by atoms with Crippen LogP contribution in [0.15, 0.2) is 48.5 Å². The molecule has 23 heavy (non-hydrogen) atoms. The van der Waals surface area contributed by atoms with Crippen LogP contribution in [0.3, 0.4) is 0 Å². The van der Waals surface area contributed by atoms with Crippen molar-refractivity contribution >= 4 is 5.69 Å². The maximum Gasteiger partial charge on any atom is 0.150 e. The molecule has 1 heterocycles. The minimum absolute atomic E-state index is 0.206. The lowest BCUT2D eigenvalue weighted by molar-refractivity contribution is 0.260. The van der Waals surface area contributed by atoms with Gasteiger partial charge in [0.1, 0.15) is 11.6 Å². The van der Waals surface area contributed by atoms with Gasteiger partial charge in [-0.2, -0.15) is 0 Å². The van der Waals surface area contributed by atoms with Crippen LogP contribution in [0, 0.1) is 5.82 Å². The van der Waals surface area contributed by atoms with Crippen molar-refractivity contribution in [2.24, 2.45) is 0 Å². The van der Waals surface area contributed by atoms with Crippen molar-refractivity contribution < 1.29 is 9.13 Å². The largest absolute Gasteiger partial charge is 0.497 e. The van der Waals surface area contributed by atoms with Crippen LogP contribution in [0.4, 0.5) is 10.1 Å². The molecule has 0 aliphatic carbocycles. The number of hydrogen-bond acceptors (Lipinski definition) is 3. The van der Waals surface area contributed by atoms with Gasteiger partial charge < -0.3 is 9.64 Å². The summed E-state index contributed by atoms with van der Waals surface area (Å²) in [6.45, 7) is 4.72. The smallest absolute Gasteiger partial charge is 0.150 e. The van der Waals surface area contributed by atoms with Crippen molar-refractivity contribution in [3.8, 4) is 5.75 Å². The molecule has 0 N–H and O–H groups in total. The van der Waals surface area contributed by atoms with E-state index in [1.807, 2.05) is 18.2 Å². The molecule has 1 aliphatic rings. The second-order valence-electron chi connectivity index (χ2n) is 5.88. The van der Waals surface area contributed by atoms with Crippen LogP contribution in [0.1, 0.15) is 5.56 Å². The van der Waals surface area contributed by atoms with E-state index in [0.717, 1.165) is 39.1 Å². The summed E-state index contributed by atoms with van der Waals surface area (Å²) in [5.74, 6) is 0.356. The van der Waals surface area contributed by atoms with E-state index >= 15 is 0 Å². The normalized spacial score (nSPS) is 15.7. The van der Waals surface area contributed by atoms with E-state index in [4.69, 9.17) is 4.74 Å². The number of halogens is 1. The van der Waals surface area contributed by atoms with Crippen LogP contribution in [0.5, 0.6) is 5.75 Å². The van der Waals surface area contributed by atoms with Gasteiger partial charge in [-0.25, -0.2) is 4.39 Å². The molecule has 3 nitrogen and oxygen atoms in total. The Bertz CT molecular complexity index is 625. The molecule has 0 amide bonds. The molecule has 3 rings (SSSR count). The highest BCUT2D eigenvalue weighted by Crippen LogP contribution is 2.25. The summed E-state index contributed by atoms with van der Waals surface area (Å²) in [6.07, 6.45) is 1.07. The van der Waals surface area contributed by atoms with E-state index in [9.17, 15) is 4.39 Å². The van der Waals surface area contributed by atoms with Crippen molar-refractivity contribution in [3.05, 3.63) is 59.9 Å². The van der Waals surface area contributed by atoms with Gasteiger partial charge in [-0.05, 0) is 24.1 Å². The Morgan fingerprint density at radius 2 is 1.74 bits per heavy atom. The van der Waals surface area contributed by atoms with Crippen LogP contribution in [-0.2, 0) is 6.42 Å². The lowest BCUT2D eigenvalue weighted by Gasteiger charge is -2.36. The predicted octanol–water partition coefficient (Wildman–Crippen LogP) is 3.20. The minimum atomic E-state index is -0.206. The summed E-state index contributed by atoms with van der Waals surface area (Å²) in [5, 5.41) is 0. The highest BCUT2D eigenvalue weighted by atomic mass is 19.1. The monoisotopic (exact) mass is 314 g/mol. The molecule has 2 aromatic rings. The molecule has 4 heteroatoms. The topological polar surface area (TPSA) is 15.7 Å². The predicted molar refractivity (Wildman–Crippen MR) is 91.8 cm³/mol. The average molecular weight is 314 g/mol. The fourth-order valence-electron chi connectivity index (χ4n) is 3.02. The summed E-state index contributed by atoms with van der Waals surface area (Å²) in [7, 11) is 1.56. The zero-order valence-electron chi connectivity index (χ0n) is 13.5. The summed E-state index contributed by atoms with van der Waals surface area (Å²) in [6, 6.07) is 15.6. The van der Waals surface area contributed by atoms with Crippen LogP contribution in [0.2, 0.25) is 0 Å². The second kappa shape index (κ2) is 7.47. The fraction of sp³-hybridized carbons (Fsp3) is 0.368. The SMILES string of the molecule is COc1ccc(N2CCN(CCc3ccccc3)CC2)c(F)c1. The maximum absolute atomic E-state index is 14.2. The Kier molecular flexibility index (Phi) is 5.13. The molecule has 0 atom stereocenters. The third-order valence-corrected chi connectivity index (χ3v) is 4.43. The summed E-state index contributed by atoms with van der Waals surface area (Å²) in [5.41, 5.74) is 2.05. The van der Waals surface area contributed by atoms with E-state index in [0.29, 0.717) is 11.4 Å². The molecular weight excluding hydrogens is 291 g/mol. The van der Waals surface area contributed by atoms with Crippen LogP contribution in [0.25, 0.3) is 0 Å². The Labute approximate surface area is 137 Å². The van der Waals surface area contributed by atoms with Gasteiger partial charge in [0.25, 0.3) is 0 Å². The van der Waals surface area contributed by atoms with Crippen molar-refractivity contribution in [3.63, 3.8) is 0 Å². The molecule has 1 aliphatic heterocycles. The standard InChI is InChI=1S/C19H23FN2O/c1-23-17-7-8-19(18(20)15-17)22-13-11-21(12-14-22)10-9-16-5-3-2-4-6-16/h2-8,15H,9-14H2,1H3. The minimum Gasteiger partial charge on any atom is -0.497 e. The first-order chi connectivity index (χ1) is 11.3. The van der Waals surface area contributed by atoms with Gasteiger partial charge in [-0.1, -0.05) is 30.3 Å². The summed E-state index contributed by atoms with van der Waals surface area (Å²) < 4.78 is 19.2. The molecular formula is C19H23FN2O. The summed E-state index contributed by atoms with van der Waals surface area (Å²) in [4.78, 5) is 4.57. The number of anilines is 1. The molecule has 0 spiro atoms. The van der Waals surface area contributed by atoms with Crippen molar-refractivity contribution in [2.45, 2.75) is 6.42 Å². The maximum atomic E-state index is 14.2. The molecule has 0 saturated carbocycles. The zero-order chi connectivity index (χ0) is 16.1. The first kappa shape index (κ1) is 15.8. The van der Waals surface area contributed by atoms with E-state index in [2.05, 4.69) is 34.1 Å². The number of ether oxygens (including phenoxy) is 1. The highest BCUT2D eigenvalue weighted by molar-refractivity contribution is 5.51. The van der Waals surface area contributed by atoms with Crippen molar-refractivity contribution in [1.82, 2.24) is 4.90 Å². The van der Waals surface area contributed by atoms with Crippen molar-refractivity contribution in [1.29, 1.82) is 0 Å². The van der Waals surface area contributed by atoms with Gasteiger partial charge >= 0.3 is 0 Å². The zero-order valence-corrected chi connectivity index (χ0v) is 13.5. The number of methoxy groups -OCH3 is 1. The fourth-order valence-corrected chi connectivity index (χ4v) is 3.02. The third-order valence-electron chi connectivity index (χ3n) is 4.43. The van der Waals surface area contributed by atoms with E-state index < -0.39 is 0 Å². The molecule has 2 aromatic carbocycles.